The number of likely N-dealkylation sites (tertiary alicyclic amines) is 1. The maximum Gasteiger partial charge on any atom is 0.263 e. The Labute approximate surface area is 123 Å². The third-order valence-corrected chi connectivity index (χ3v) is 3.64. The molecule has 0 unspecified atom stereocenters. The molecule has 0 radical (unpaired) electrons. The fourth-order valence-corrected chi connectivity index (χ4v) is 2.56. The number of carbonyl (C=O) groups is 1. The van der Waals surface area contributed by atoms with Gasteiger partial charge in [-0.15, -0.1) is 0 Å². The summed E-state index contributed by atoms with van der Waals surface area (Å²) >= 11 is 0. The third kappa shape index (κ3) is 3.04. The van der Waals surface area contributed by atoms with Crippen LogP contribution in [0.1, 0.15) is 19.4 Å². The van der Waals surface area contributed by atoms with E-state index in [2.05, 4.69) is 10.2 Å². The lowest BCUT2D eigenvalue weighted by molar-refractivity contribution is -0.137. The van der Waals surface area contributed by atoms with Crippen molar-refractivity contribution >= 4 is 5.91 Å². The van der Waals surface area contributed by atoms with Crippen molar-refractivity contribution in [1.29, 1.82) is 0 Å². The van der Waals surface area contributed by atoms with Crippen molar-refractivity contribution in [2.24, 2.45) is 0 Å². The van der Waals surface area contributed by atoms with Gasteiger partial charge in [-0.25, -0.2) is 0 Å². The van der Waals surface area contributed by atoms with Crippen molar-refractivity contribution in [2.75, 3.05) is 13.1 Å². The number of ether oxygens (including phenoxy) is 1. The number of nitrogens with zero attached hydrogens (tertiary/aromatic N) is 4. The van der Waals surface area contributed by atoms with Crippen LogP contribution in [0.5, 0.6) is 5.75 Å². The third-order valence-electron chi connectivity index (χ3n) is 3.64. The van der Waals surface area contributed by atoms with Gasteiger partial charge in [0.1, 0.15) is 5.75 Å². The van der Waals surface area contributed by atoms with E-state index in [1.807, 2.05) is 35.2 Å². The molecule has 1 aliphatic heterocycles. The number of amides is 1. The van der Waals surface area contributed by atoms with E-state index in [-0.39, 0.29) is 11.9 Å². The molecule has 110 valence electrons. The maximum atomic E-state index is 12.4. The molecular formula is C15H18N4O2. The summed E-state index contributed by atoms with van der Waals surface area (Å²) in [4.78, 5) is 15.9. The van der Waals surface area contributed by atoms with Gasteiger partial charge in [0.15, 0.2) is 6.10 Å². The van der Waals surface area contributed by atoms with E-state index in [0.29, 0.717) is 18.8 Å². The molecule has 1 aromatic carbocycles. The van der Waals surface area contributed by atoms with Gasteiger partial charge in [0.05, 0.1) is 18.4 Å². The van der Waals surface area contributed by atoms with E-state index in [4.69, 9.17) is 4.74 Å². The molecule has 1 fully saturated rings. The Balaban J connectivity index is 1.58. The van der Waals surface area contributed by atoms with Gasteiger partial charge in [-0.05, 0) is 25.5 Å². The lowest BCUT2D eigenvalue weighted by Crippen LogP contribution is -2.39. The van der Waals surface area contributed by atoms with Crippen LogP contribution < -0.4 is 4.74 Å². The van der Waals surface area contributed by atoms with E-state index in [0.717, 1.165) is 6.42 Å². The molecule has 2 atom stereocenters. The Morgan fingerprint density at radius 3 is 2.71 bits per heavy atom. The molecule has 1 aromatic heterocycles. The van der Waals surface area contributed by atoms with Gasteiger partial charge >= 0.3 is 0 Å². The first-order valence-corrected chi connectivity index (χ1v) is 7.10. The summed E-state index contributed by atoms with van der Waals surface area (Å²) in [6.45, 7) is 3.14. The molecule has 1 aliphatic rings. The molecule has 2 heterocycles. The number of carbonyl (C=O) groups excluding carboxylic acids is 1. The molecule has 0 N–H and O–H groups in total. The smallest absolute Gasteiger partial charge is 0.263 e. The minimum atomic E-state index is -0.489. The van der Waals surface area contributed by atoms with Crippen LogP contribution >= 0.6 is 0 Å². The average molecular weight is 286 g/mol. The van der Waals surface area contributed by atoms with Crippen LogP contribution in [0.4, 0.5) is 0 Å². The Morgan fingerprint density at radius 2 is 2.00 bits per heavy atom. The van der Waals surface area contributed by atoms with E-state index >= 15 is 0 Å². The lowest BCUT2D eigenvalue weighted by atomic mass is 10.3. The van der Waals surface area contributed by atoms with Crippen molar-refractivity contribution in [3.8, 4) is 5.75 Å². The Kier molecular flexibility index (Phi) is 3.85. The van der Waals surface area contributed by atoms with Gasteiger partial charge in [-0.3, -0.25) is 4.79 Å². The summed E-state index contributed by atoms with van der Waals surface area (Å²) in [7, 11) is 0. The minimum Gasteiger partial charge on any atom is -0.481 e. The Hall–Kier alpha value is -2.37. The van der Waals surface area contributed by atoms with Crippen molar-refractivity contribution in [3.63, 3.8) is 0 Å². The fraction of sp³-hybridized carbons (Fsp3) is 0.400. The molecule has 3 rings (SSSR count). The summed E-state index contributed by atoms with van der Waals surface area (Å²) < 4.78 is 5.69. The lowest BCUT2D eigenvalue weighted by Gasteiger charge is -2.21. The van der Waals surface area contributed by atoms with E-state index in [1.165, 1.54) is 0 Å². The van der Waals surface area contributed by atoms with Crippen molar-refractivity contribution in [2.45, 2.75) is 25.5 Å². The number of para-hydroxylation sites is 1. The number of rotatable bonds is 4. The number of hydrogen-bond acceptors (Lipinski definition) is 4. The predicted octanol–water partition coefficient (Wildman–Crippen LogP) is 1.52. The summed E-state index contributed by atoms with van der Waals surface area (Å²) in [5, 5.41) is 8.28. The monoisotopic (exact) mass is 286 g/mol. The zero-order chi connectivity index (χ0) is 14.7. The zero-order valence-corrected chi connectivity index (χ0v) is 11.9. The number of benzene rings is 1. The molecule has 6 nitrogen and oxygen atoms in total. The standard InChI is InChI=1S/C15H18N4O2/c1-12(21-14-5-3-2-4-6-14)15(20)18-10-7-13(11-18)19-16-8-9-17-19/h2-6,8-9,12-13H,7,10-11H2,1H3/t12-,13+/m0/s1. The number of hydrogen-bond donors (Lipinski definition) is 0. The second kappa shape index (κ2) is 5.95. The van der Waals surface area contributed by atoms with Crippen molar-refractivity contribution in [3.05, 3.63) is 42.7 Å². The van der Waals surface area contributed by atoms with Gasteiger partial charge in [0, 0.05) is 13.1 Å². The molecule has 2 aromatic rings. The fourth-order valence-electron chi connectivity index (χ4n) is 2.56. The maximum absolute atomic E-state index is 12.4. The molecule has 1 amide bonds. The minimum absolute atomic E-state index is 0.00788. The first-order chi connectivity index (χ1) is 10.2. The molecule has 0 saturated carbocycles. The zero-order valence-electron chi connectivity index (χ0n) is 11.9. The van der Waals surface area contributed by atoms with Crippen LogP contribution in [0.25, 0.3) is 0 Å². The second-order valence-corrected chi connectivity index (χ2v) is 5.15. The van der Waals surface area contributed by atoms with E-state index < -0.39 is 6.10 Å². The quantitative estimate of drug-likeness (QED) is 0.855. The van der Waals surface area contributed by atoms with Gasteiger partial charge in [-0.2, -0.15) is 15.0 Å². The topological polar surface area (TPSA) is 60.2 Å². The molecule has 0 aliphatic carbocycles. The van der Waals surface area contributed by atoms with Crippen molar-refractivity contribution in [1.82, 2.24) is 19.9 Å². The highest BCUT2D eigenvalue weighted by Gasteiger charge is 2.31. The Morgan fingerprint density at radius 1 is 1.29 bits per heavy atom. The van der Waals surface area contributed by atoms with E-state index in [1.54, 1.807) is 24.1 Å². The molecule has 6 heteroatoms. The van der Waals surface area contributed by atoms with E-state index in [9.17, 15) is 4.79 Å². The Bertz CT molecular complexity index is 585. The van der Waals surface area contributed by atoms with Crippen molar-refractivity contribution < 1.29 is 9.53 Å². The highest BCUT2D eigenvalue weighted by atomic mass is 16.5. The summed E-state index contributed by atoms with van der Waals surface area (Å²) in [5.41, 5.74) is 0. The van der Waals surface area contributed by atoms with Gasteiger partial charge in [-0.1, -0.05) is 18.2 Å². The normalized spacial score (nSPS) is 19.5. The van der Waals surface area contributed by atoms with Crippen LogP contribution in [-0.4, -0.2) is 45.0 Å². The van der Waals surface area contributed by atoms with Gasteiger partial charge < -0.3 is 9.64 Å². The molecule has 0 spiro atoms. The average Bonchev–Trinajstić information content (AvgIpc) is 3.18. The largest absolute Gasteiger partial charge is 0.481 e. The summed E-state index contributed by atoms with van der Waals surface area (Å²) in [5.74, 6) is 0.719. The van der Waals surface area contributed by atoms with Gasteiger partial charge in [0.25, 0.3) is 5.91 Å². The van der Waals surface area contributed by atoms with Crippen LogP contribution in [0.3, 0.4) is 0 Å². The molecular weight excluding hydrogens is 268 g/mol. The second-order valence-electron chi connectivity index (χ2n) is 5.15. The van der Waals surface area contributed by atoms with Crippen LogP contribution in [-0.2, 0) is 4.79 Å². The first-order valence-electron chi connectivity index (χ1n) is 7.10. The highest BCUT2D eigenvalue weighted by molar-refractivity contribution is 5.81. The molecule has 0 bridgehead atoms. The van der Waals surface area contributed by atoms with Gasteiger partial charge in [0.2, 0.25) is 0 Å². The summed E-state index contributed by atoms with van der Waals surface area (Å²) in [6, 6.07) is 9.56. The summed E-state index contributed by atoms with van der Waals surface area (Å²) in [6.07, 6.45) is 3.70. The SMILES string of the molecule is C[C@H](Oc1ccccc1)C(=O)N1CC[C@@H](n2nccn2)C1. The number of aromatic nitrogens is 3. The highest BCUT2D eigenvalue weighted by Crippen LogP contribution is 2.21. The molecule has 1 saturated heterocycles. The predicted molar refractivity (Wildman–Crippen MR) is 76.8 cm³/mol. The van der Waals surface area contributed by atoms with Crippen LogP contribution in [0, 0.1) is 0 Å². The van der Waals surface area contributed by atoms with Crippen LogP contribution in [0.2, 0.25) is 0 Å². The first kappa shape index (κ1) is 13.6. The van der Waals surface area contributed by atoms with Crippen LogP contribution in [0.15, 0.2) is 42.7 Å². The molecule has 21 heavy (non-hydrogen) atoms.